The van der Waals surface area contributed by atoms with E-state index in [1.807, 2.05) is 20.8 Å². The van der Waals surface area contributed by atoms with Gasteiger partial charge in [-0.1, -0.05) is 31.0 Å². The van der Waals surface area contributed by atoms with Crippen LogP contribution in [0.15, 0.2) is 24.3 Å². The van der Waals surface area contributed by atoms with E-state index in [1.165, 1.54) is 12.1 Å². The molecule has 1 aliphatic carbocycles. The number of likely N-dealkylation sites (tertiary alicyclic amines) is 1. The minimum atomic E-state index is -1.12. The Bertz CT molecular complexity index is 763. The van der Waals surface area contributed by atoms with E-state index in [1.54, 1.807) is 17.0 Å². The maximum atomic E-state index is 13.9. The van der Waals surface area contributed by atoms with Gasteiger partial charge in [0.25, 0.3) is 0 Å². The Morgan fingerprint density at radius 2 is 2.07 bits per heavy atom. The largest absolute Gasteiger partial charge is 0.444 e. The molecule has 29 heavy (non-hydrogen) atoms. The van der Waals surface area contributed by atoms with Gasteiger partial charge >= 0.3 is 6.09 Å². The maximum absolute atomic E-state index is 13.9. The fraction of sp³-hybridized carbons (Fsp3) is 0.636. The van der Waals surface area contributed by atoms with Gasteiger partial charge in [-0.3, -0.25) is 4.79 Å². The number of hydrogen-bond acceptors (Lipinski definition) is 4. The highest BCUT2D eigenvalue weighted by atomic mass is 19.1. The average molecular weight is 406 g/mol. The van der Waals surface area contributed by atoms with Gasteiger partial charge in [0.05, 0.1) is 11.5 Å². The molecule has 1 heterocycles. The lowest BCUT2D eigenvalue weighted by Crippen LogP contribution is -2.49. The molecule has 0 aromatic heterocycles. The molecule has 2 amide bonds. The Hall–Kier alpha value is -2.15. The van der Waals surface area contributed by atoms with Gasteiger partial charge in [0, 0.05) is 25.2 Å². The van der Waals surface area contributed by atoms with Crippen LogP contribution in [0.5, 0.6) is 0 Å². The SMILES string of the molecule is CC(C)(C)OC(=O)N1C[C@@H]2CCCC[C@@]2(C(=O)NC[C@@H](O)c2ccccc2F)C1. The van der Waals surface area contributed by atoms with Crippen molar-refractivity contribution in [2.45, 2.75) is 58.2 Å². The molecule has 2 aliphatic rings. The van der Waals surface area contributed by atoms with Crippen molar-refractivity contribution in [2.75, 3.05) is 19.6 Å². The summed E-state index contributed by atoms with van der Waals surface area (Å²) in [7, 11) is 0. The monoisotopic (exact) mass is 406 g/mol. The third kappa shape index (κ3) is 4.71. The Kier molecular flexibility index (Phi) is 6.17. The zero-order valence-corrected chi connectivity index (χ0v) is 17.4. The predicted octanol–water partition coefficient (Wildman–Crippen LogP) is 3.40. The molecular weight excluding hydrogens is 375 g/mol. The van der Waals surface area contributed by atoms with Gasteiger partial charge in [-0.25, -0.2) is 9.18 Å². The Morgan fingerprint density at radius 1 is 1.34 bits per heavy atom. The van der Waals surface area contributed by atoms with Crippen molar-refractivity contribution in [3.63, 3.8) is 0 Å². The van der Waals surface area contributed by atoms with E-state index >= 15 is 0 Å². The number of carbonyl (C=O) groups excluding carboxylic acids is 2. The lowest BCUT2D eigenvalue weighted by molar-refractivity contribution is -0.134. The lowest BCUT2D eigenvalue weighted by atomic mass is 9.67. The van der Waals surface area contributed by atoms with Crippen molar-refractivity contribution in [3.05, 3.63) is 35.6 Å². The number of ether oxygens (including phenoxy) is 1. The van der Waals surface area contributed by atoms with Crippen LogP contribution in [0.4, 0.5) is 9.18 Å². The first-order valence-corrected chi connectivity index (χ1v) is 10.3. The summed E-state index contributed by atoms with van der Waals surface area (Å²) in [4.78, 5) is 27.4. The summed E-state index contributed by atoms with van der Waals surface area (Å²) in [6.07, 6.45) is 2.00. The van der Waals surface area contributed by atoms with Crippen LogP contribution in [0.1, 0.15) is 58.1 Å². The second-order valence-electron chi connectivity index (χ2n) is 9.21. The van der Waals surface area contributed by atoms with Crippen LogP contribution < -0.4 is 5.32 Å². The highest BCUT2D eigenvalue weighted by Gasteiger charge is 2.54. The average Bonchev–Trinajstić information content (AvgIpc) is 3.06. The van der Waals surface area contributed by atoms with Gasteiger partial charge in [-0.15, -0.1) is 0 Å². The second-order valence-corrected chi connectivity index (χ2v) is 9.21. The van der Waals surface area contributed by atoms with Crippen LogP contribution in [-0.2, 0) is 9.53 Å². The number of hydrogen-bond donors (Lipinski definition) is 2. The van der Waals surface area contributed by atoms with Crippen LogP contribution >= 0.6 is 0 Å². The number of nitrogens with zero attached hydrogens (tertiary/aromatic N) is 1. The molecule has 2 fully saturated rings. The molecule has 6 nitrogen and oxygen atoms in total. The van der Waals surface area contributed by atoms with Crippen LogP contribution in [-0.4, -0.2) is 47.2 Å². The smallest absolute Gasteiger partial charge is 0.410 e. The number of amides is 2. The summed E-state index contributed by atoms with van der Waals surface area (Å²) < 4.78 is 19.4. The number of carbonyl (C=O) groups is 2. The molecular formula is C22H31FN2O4. The molecule has 1 saturated carbocycles. The maximum Gasteiger partial charge on any atom is 0.410 e. The lowest BCUT2D eigenvalue weighted by Gasteiger charge is -2.37. The molecule has 7 heteroatoms. The van der Waals surface area contributed by atoms with Crippen molar-refractivity contribution in [1.82, 2.24) is 10.2 Å². The molecule has 1 saturated heterocycles. The van der Waals surface area contributed by atoms with E-state index in [4.69, 9.17) is 4.74 Å². The van der Waals surface area contributed by atoms with Gasteiger partial charge in [-0.2, -0.15) is 0 Å². The number of aliphatic hydroxyl groups excluding tert-OH is 1. The van der Waals surface area contributed by atoms with Gasteiger partial charge in [0.1, 0.15) is 11.4 Å². The zero-order valence-electron chi connectivity index (χ0n) is 17.4. The normalized spacial score (nSPS) is 25.3. The minimum Gasteiger partial charge on any atom is -0.444 e. The molecule has 160 valence electrons. The molecule has 1 aromatic carbocycles. The number of nitrogens with one attached hydrogen (secondary N) is 1. The van der Waals surface area contributed by atoms with Gasteiger partial charge in [0.2, 0.25) is 5.91 Å². The predicted molar refractivity (Wildman–Crippen MR) is 107 cm³/mol. The highest BCUT2D eigenvalue weighted by molar-refractivity contribution is 5.85. The molecule has 0 unspecified atom stereocenters. The standard InChI is InChI=1S/C22H31FN2O4/c1-21(2,3)29-20(28)25-13-15-8-6-7-11-22(15,14-25)19(27)24-12-18(26)16-9-4-5-10-17(16)23/h4-5,9-10,15,18,26H,6-8,11-14H2,1-3H3,(H,24,27)/t15-,18+,22+/m0/s1. The first-order chi connectivity index (χ1) is 13.6. The summed E-state index contributed by atoms with van der Waals surface area (Å²) in [5, 5.41) is 13.1. The molecule has 3 rings (SSSR count). The van der Waals surface area contributed by atoms with Crippen molar-refractivity contribution in [2.24, 2.45) is 11.3 Å². The third-order valence-electron chi connectivity index (χ3n) is 5.94. The fourth-order valence-electron chi connectivity index (χ4n) is 4.51. The fourth-order valence-corrected chi connectivity index (χ4v) is 4.51. The highest BCUT2D eigenvalue weighted by Crippen LogP contribution is 2.47. The Morgan fingerprint density at radius 3 is 2.76 bits per heavy atom. The number of halogens is 1. The van der Waals surface area contributed by atoms with Crippen molar-refractivity contribution >= 4 is 12.0 Å². The van der Waals surface area contributed by atoms with E-state index < -0.39 is 29.0 Å². The molecule has 1 aromatic rings. The minimum absolute atomic E-state index is 0.0642. The zero-order chi connectivity index (χ0) is 21.2. The van der Waals surface area contributed by atoms with Gasteiger partial charge < -0.3 is 20.1 Å². The van der Waals surface area contributed by atoms with Crippen LogP contribution in [0.25, 0.3) is 0 Å². The summed E-state index contributed by atoms with van der Waals surface area (Å²) in [5.41, 5.74) is -1.11. The van der Waals surface area contributed by atoms with Crippen molar-refractivity contribution in [3.8, 4) is 0 Å². The van der Waals surface area contributed by atoms with E-state index in [2.05, 4.69) is 5.32 Å². The second kappa shape index (κ2) is 8.30. The first-order valence-electron chi connectivity index (χ1n) is 10.3. The molecule has 0 bridgehead atoms. The number of rotatable bonds is 4. The summed E-state index contributed by atoms with van der Waals surface area (Å²) >= 11 is 0. The van der Waals surface area contributed by atoms with E-state index in [0.29, 0.717) is 19.5 Å². The molecule has 3 atom stereocenters. The summed E-state index contributed by atoms with van der Waals surface area (Å²) in [6, 6.07) is 5.99. The van der Waals surface area contributed by atoms with E-state index in [9.17, 15) is 19.1 Å². The number of fused-ring (bicyclic) bond motifs is 1. The molecule has 0 spiro atoms. The number of benzene rings is 1. The Balaban J connectivity index is 1.68. The summed E-state index contributed by atoms with van der Waals surface area (Å²) in [6.45, 7) is 6.20. The molecule has 0 radical (unpaired) electrons. The first kappa shape index (κ1) is 21.6. The Labute approximate surface area is 171 Å². The van der Waals surface area contributed by atoms with Crippen molar-refractivity contribution < 1.29 is 23.8 Å². The molecule has 2 N–H and O–H groups in total. The van der Waals surface area contributed by atoms with E-state index in [0.717, 1.165) is 19.3 Å². The van der Waals surface area contributed by atoms with Crippen LogP contribution in [0.3, 0.4) is 0 Å². The quantitative estimate of drug-likeness (QED) is 0.803. The third-order valence-corrected chi connectivity index (χ3v) is 5.94. The molecule has 1 aliphatic heterocycles. The van der Waals surface area contributed by atoms with Crippen LogP contribution in [0, 0.1) is 17.2 Å². The number of aliphatic hydroxyl groups is 1. The van der Waals surface area contributed by atoms with Gasteiger partial charge in [0.15, 0.2) is 0 Å². The summed E-state index contributed by atoms with van der Waals surface area (Å²) in [5.74, 6) is -0.613. The topological polar surface area (TPSA) is 78.9 Å². The van der Waals surface area contributed by atoms with Crippen molar-refractivity contribution in [1.29, 1.82) is 0 Å². The van der Waals surface area contributed by atoms with Gasteiger partial charge in [-0.05, 0) is 45.6 Å². The van der Waals surface area contributed by atoms with Crippen LogP contribution in [0.2, 0.25) is 0 Å². The van der Waals surface area contributed by atoms with E-state index in [-0.39, 0.29) is 23.9 Å².